The number of carboxylic acid groups (broad SMARTS) is 1. The molecule has 216 valence electrons. The summed E-state index contributed by atoms with van der Waals surface area (Å²) in [5.41, 5.74) is 3.96. The Kier molecular flexibility index (Phi) is 10.9. The van der Waals surface area contributed by atoms with Gasteiger partial charge >= 0.3 is 11.9 Å². The van der Waals surface area contributed by atoms with Crippen molar-refractivity contribution in [1.29, 1.82) is 0 Å². The maximum atomic E-state index is 13.2. The fraction of sp³-hybridized carbons (Fsp3) is 0.206. The van der Waals surface area contributed by atoms with Crippen LogP contribution in [0.1, 0.15) is 22.3 Å². The highest BCUT2D eigenvalue weighted by molar-refractivity contribution is 8.00. The number of methoxy groups -OCH3 is 1. The summed E-state index contributed by atoms with van der Waals surface area (Å²) in [5.74, 6) is -1.88. The minimum Gasteiger partial charge on any atom is -0.480 e. The van der Waals surface area contributed by atoms with Crippen LogP contribution in [0.15, 0.2) is 121 Å². The SMILES string of the molecule is COC(=O)C(CSC(c1ccccc1)(c1ccccc1)c1ccccc1)NC(=O)CN(CC(=O)O)Cc1ccccc1. The standard InChI is InChI=1S/C34H34N2O5S/c1-41-33(40)30(35-31(37)23-36(24-32(38)39)22-26-14-6-2-7-15-26)25-42-34(27-16-8-3-9-17-27,28-18-10-4-11-19-28)29-20-12-5-13-21-29/h2-21,30H,22-25H2,1H3,(H,35,37)(H,38,39). The summed E-state index contributed by atoms with van der Waals surface area (Å²) in [6.45, 7) is -0.239. The van der Waals surface area contributed by atoms with E-state index in [1.165, 1.54) is 23.8 Å². The molecular weight excluding hydrogens is 548 g/mol. The smallest absolute Gasteiger partial charge is 0.329 e. The van der Waals surface area contributed by atoms with Crippen molar-refractivity contribution in [2.45, 2.75) is 17.3 Å². The van der Waals surface area contributed by atoms with Gasteiger partial charge in [-0.3, -0.25) is 14.5 Å². The molecule has 0 spiro atoms. The number of hydrogen-bond acceptors (Lipinski definition) is 6. The third-order valence-electron chi connectivity index (χ3n) is 6.80. The molecule has 0 aliphatic carbocycles. The lowest BCUT2D eigenvalue weighted by Crippen LogP contribution is -2.48. The van der Waals surface area contributed by atoms with Crippen LogP contribution in [0, 0.1) is 0 Å². The van der Waals surface area contributed by atoms with Crippen LogP contribution < -0.4 is 5.32 Å². The molecule has 0 saturated heterocycles. The summed E-state index contributed by atoms with van der Waals surface area (Å²) < 4.78 is 4.40. The van der Waals surface area contributed by atoms with Gasteiger partial charge in [0.25, 0.3) is 0 Å². The van der Waals surface area contributed by atoms with E-state index in [1.807, 2.05) is 84.9 Å². The van der Waals surface area contributed by atoms with Crippen LogP contribution >= 0.6 is 11.8 Å². The number of ether oxygens (including phenoxy) is 1. The van der Waals surface area contributed by atoms with E-state index in [2.05, 4.69) is 41.7 Å². The van der Waals surface area contributed by atoms with Crippen molar-refractivity contribution in [3.63, 3.8) is 0 Å². The molecule has 0 fully saturated rings. The van der Waals surface area contributed by atoms with E-state index in [-0.39, 0.29) is 25.4 Å². The summed E-state index contributed by atoms with van der Waals surface area (Å²) >= 11 is 1.53. The molecule has 1 amide bonds. The van der Waals surface area contributed by atoms with E-state index >= 15 is 0 Å². The fourth-order valence-electron chi connectivity index (χ4n) is 4.93. The van der Waals surface area contributed by atoms with Crippen LogP contribution in [-0.4, -0.2) is 59.8 Å². The number of aliphatic carboxylic acids is 1. The molecule has 8 heteroatoms. The van der Waals surface area contributed by atoms with E-state index < -0.39 is 28.6 Å². The van der Waals surface area contributed by atoms with Gasteiger partial charge < -0.3 is 15.2 Å². The number of nitrogens with one attached hydrogen (secondary N) is 1. The Labute approximate surface area is 250 Å². The molecule has 0 heterocycles. The summed E-state index contributed by atoms with van der Waals surface area (Å²) in [6, 6.07) is 38.5. The number of benzene rings is 4. The first-order valence-corrected chi connectivity index (χ1v) is 14.6. The third kappa shape index (κ3) is 7.87. The number of rotatable bonds is 14. The molecule has 7 nitrogen and oxygen atoms in total. The van der Waals surface area contributed by atoms with Crippen molar-refractivity contribution in [2.24, 2.45) is 0 Å². The molecule has 1 atom stereocenters. The van der Waals surface area contributed by atoms with Gasteiger partial charge in [0, 0.05) is 12.3 Å². The van der Waals surface area contributed by atoms with Crippen molar-refractivity contribution in [2.75, 3.05) is 26.0 Å². The number of amides is 1. The summed E-state index contributed by atoms with van der Waals surface area (Å²) in [5, 5.41) is 12.2. The van der Waals surface area contributed by atoms with Gasteiger partial charge in [-0.2, -0.15) is 0 Å². The molecule has 0 aliphatic heterocycles. The Bertz CT molecular complexity index is 1340. The number of carboxylic acids is 1. The number of esters is 1. The number of hydrogen-bond donors (Lipinski definition) is 2. The summed E-state index contributed by atoms with van der Waals surface area (Å²) in [4.78, 5) is 39.2. The van der Waals surface area contributed by atoms with E-state index in [9.17, 15) is 19.5 Å². The van der Waals surface area contributed by atoms with Crippen molar-refractivity contribution in [1.82, 2.24) is 10.2 Å². The predicted molar refractivity (Wildman–Crippen MR) is 165 cm³/mol. The van der Waals surface area contributed by atoms with E-state index in [4.69, 9.17) is 4.74 Å². The zero-order valence-electron chi connectivity index (χ0n) is 23.4. The maximum Gasteiger partial charge on any atom is 0.329 e. The molecule has 0 aromatic heterocycles. The van der Waals surface area contributed by atoms with Crippen LogP contribution in [0.2, 0.25) is 0 Å². The number of thioether (sulfide) groups is 1. The van der Waals surface area contributed by atoms with E-state index in [0.717, 1.165) is 22.3 Å². The highest BCUT2D eigenvalue weighted by atomic mass is 32.2. The van der Waals surface area contributed by atoms with Crippen molar-refractivity contribution >= 4 is 29.6 Å². The fourth-order valence-corrected chi connectivity index (χ4v) is 6.48. The van der Waals surface area contributed by atoms with Crippen molar-refractivity contribution < 1.29 is 24.2 Å². The highest BCUT2D eigenvalue weighted by Crippen LogP contribution is 2.48. The Morgan fingerprint density at radius 2 is 1.21 bits per heavy atom. The lowest BCUT2D eigenvalue weighted by Gasteiger charge is -2.36. The number of carbonyl (C=O) groups is 3. The Morgan fingerprint density at radius 3 is 1.64 bits per heavy atom. The van der Waals surface area contributed by atoms with Crippen LogP contribution in [0.5, 0.6) is 0 Å². The normalized spacial score (nSPS) is 12.0. The molecule has 42 heavy (non-hydrogen) atoms. The van der Waals surface area contributed by atoms with Gasteiger partial charge in [0.15, 0.2) is 0 Å². The van der Waals surface area contributed by atoms with Gasteiger partial charge in [0.05, 0.1) is 24.9 Å². The van der Waals surface area contributed by atoms with Crippen LogP contribution in [0.4, 0.5) is 0 Å². The summed E-state index contributed by atoms with van der Waals surface area (Å²) in [6.07, 6.45) is 0. The van der Waals surface area contributed by atoms with Gasteiger partial charge in [-0.15, -0.1) is 11.8 Å². The van der Waals surface area contributed by atoms with Crippen LogP contribution in [0.3, 0.4) is 0 Å². The molecule has 0 saturated carbocycles. The molecule has 0 bridgehead atoms. The molecule has 4 rings (SSSR count). The minimum absolute atomic E-state index is 0.194. The van der Waals surface area contributed by atoms with Gasteiger partial charge in [0.2, 0.25) is 5.91 Å². The maximum absolute atomic E-state index is 13.2. The van der Waals surface area contributed by atoms with E-state index in [0.29, 0.717) is 0 Å². The zero-order chi connectivity index (χ0) is 29.8. The van der Waals surface area contributed by atoms with Crippen LogP contribution in [-0.2, 0) is 30.4 Å². The third-order valence-corrected chi connectivity index (χ3v) is 8.44. The monoisotopic (exact) mass is 582 g/mol. The number of carbonyl (C=O) groups excluding carboxylic acids is 2. The first kappa shape index (κ1) is 30.6. The number of nitrogens with zero attached hydrogens (tertiary/aromatic N) is 1. The Hall–Kier alpha value is -4.40. The second-order valence-corrected chi connectivity index (χ2v) is 11.0. The van der Waals surface area contributed by atoms with Crippen molar-refractivity contribution in [3.05, 3.63) is 144 Å². The Balaban J connectivity index is 1.61. The van der Waals surface area contributed by atoms with Gasteiger partial charge in [-0.1, -0.05) is 121 Å². The quantitative estimate of drug-likeness (QED) is 0.160. The van der Waals surface area contributed by atoms with E-state index in [1.54, 1.807) is 0 Å². The average Bonchev–Trinajstić information content (AvgIpc) is 3.02. The van der Waals surface area contributed by atoms with Gasteiger partial charge in [-0.25, -0.2) is 4.79 Å². The molecule has 0 radical (unpaired) electrons. The predicted octanol–water partition coefficient (Wildman–Crippen LogP) is 4.96. The summed E-state index contributed by atoms with van der Waals surface area (Å²) in [7, 11) is 1.29. The van der Waals surface area contributed by atoms with Gasteiger partial charge in [0.1, 0.15) is 6.04 Å². The molecule has 4 aromatic carbocycles. The Morgan fingerprint density at radius 1 is 0.762 bits per heavy atom. The topological polar surface area (TPSA) is 95.9 Å². The highest BCUT2D eigenvalue weighted by Gasteiger charge is 2.38. The molecule has 4 aromatic rings. The average molecular weight is 583 g/mol. The first-order chi connectivity index (χ1) is 20.4. The lowest BCUT2D eigenvalue weighted by atomic mass is 9.84. The molecular formula is C34H34N2O5S. The second kappa shape index (κ2) is 15.0. The first-order valence-electron chi connectivity index (χ1n) is 13.6. The zero-order valence-corrected chi connectivity index (χ0v) is 24.2. The minimum atomic E-state index is -1.04. The lowest BCUT2D eigenvalue weighted by molar-refractivity contribution is -0.145. The van der Waals surface area contributed by atoms with Crippen molar-refractivity contribution in [3.8, 4) is 0 Å². The molecule has 0 aliphatic rings. The van der Waals surface area contributed by atoms with Gasteiger partial charge in [-0.05, 0) is 22.3 Å². The van der Waals surface area contributed by atoms with Crippen LogP contribution in [0.25, 0.3) is 0 Å². The molecule has 2 N–H and O–H groups in total. The molecule has 1 unspecified atom stereocenters. The second-order valence-electron chi connectivity index (χ2n) is 9.76. The largest absolute Gasteiger partial charge is 0.480 e.